The van der Waals surface area contributed by atoms with E-state index in [2.05, 4.69) is 11.9 Å². The summed E-state index contributed by atoms with van der Waals surface area (Å²) in [5.74, 6) is 0.588. The first kappa shape index (κ1) is 12.7. The van der Waals surface area contributed by atoms with Crippen LogP contribution in [0, 0.1) is 0 Å². The molecule has 1 atom stereocenters. The number of nitrogens with one attached hydrogen (secondary N) is 1. The summed E-state index contributed by atoms with van der Waals surface area (Å²) in [5, 5.41) is 3.18. The van der Waals surface area contributed by atoms with Crippen LogP contribution in [0.3, 0.4) is 0 Å². The molecule has 1 aliphatic rings. The van der Waals surface area contributed by atoms with E-state index in [9.17, 15) is 8.42 Å². The lowest BCUT2D eigenvalue weighted by atomic mass is 10.3. The van der Waals surface area contributed by atoms with Crippen LogP contribution in [-0.4, -0.2) is 45.7 Å². The fraction of sp³-hybridized carbons (Fsp3) is 0.800. The molecule has 0 aromatic heterocycles. The van der Waals surface area contributed by atoms with Gasteiger partial charge < -0.3 is 10.1 Å². The first-order valence-corrected chi connectivity index (χ1v) is 6.98. The Morgan fingerprint density at radius 1 is 1.60 bits per heavy atom. The zero-order chi connectivity index (χ0) is 11.3. The van der Waals surface area contributed by atoms with Gasteiger partial charge in [0.1, 0.15) is 0 Å². The molecule has 0 aromatic carbocycles. The van der Waals surface area contributed by atoms with Crippen molar-refractivity contribution in [1.29, 1.82) is 0 Å². The molecule has 1 aliphatic heterocycles. The molecule has 4 nitrogen and oxygen atoms in total. The zero-order valence-electron chi connectivity index (χ0n) is 9.16. The van der Waals surface area contributed by atoms with E-state index in [1.54, 1.807) is 0 Å². The highest BCUT2D eigenvalue weighted by Crippen LogP contribution is 2.10. The van der Waals surface area contributed by atoms with Gasteiger partial charge in [0.15, 0.2) is 9.84 Å². The van der Waals surface area contributed by atoms with Crippen molar-refractivity contribution in [3.8, 4) is 0 Å². The average molecular weight is 233 g/mol. The van der Waals surface area contributed by atoms with Gasteiger partial charge in [-0.3, -0.25) is 0 Å². The van der Waals surface area contributed by atoms with Crippen molar-refractivity contribution in [2.24, 2.45) is 0 Å². The topological polar surface area (TPSA) is 55.4 Å². The molecule has 1 unspecified atom stereocenters. The summed E-state index contributed by atoms with van der Waals surface area (Å²) in [7, 11) is -2.77. The quantitative estimate of drug-likeness (QED) is 0.531. The van der Waals surface area contributed by atoms with Gasteiger partial charge >= 0.3 is 0 Å². The molecule has 15 heavy (non-hydrogen) atoms. The maximum absolute atomic E-state index is 11.1. The Kier molecular flexibility index (Phi) is 4.76. The predicted octanol–water partition coefficient (Wildman–Crippen LogP) is 0.356. The highest BCUT2D eigenvalue weighted by Gasteiger charge is 2.26. The number of rotatable bonds is 6. The molecule has 5 heteroatoms. The maximum atomic E-state index is 11.1. The van der Waals surface area contributed by atoms with Crippen molar-refractivity contribution < 1.29 is 13.2 Å². The molecule has 0 radical (unpaired) electrons. The van der Waals surface area contributed by atoms with Gasteiger partial charge in [0.25, 0.3) is 0 Å². The summed E-state index contributed by atoms with van der Waals surface area (Å²) in [5.41, 5.74) is 0.999. The molecule has 1 heterocycles. The van der Waals surface area contributed by atoms with Gasteiger partial charge in [-0.2, -0.15) is 0 Å². The Morgan fingerprint density at radius 3 is 2.87 bits per heavy atom. The Morgan fingerprint density at radius 2 is 2.33 bits per heavy atom. The first-order chi connectivity index (χ1) is 6.99. The Balaban J connectivity index is 2.04. The van der Waals surface area contributed by atoms with E-state index < -0.39 is 9.84 Å². The third-order valence-corrected chi connectivity index (χ3v) is 4.03. The van der Waals surface area contributed by atoms with E-state index in [1.165, 1.54) is 0 Å². The summed E-state index contributed by atoms with van der Waals surface area (Å²) in [4.78, 5) is 0. The Hall–Kier alpha value is -0.390. The molecule has 0 saturated carbocycles. The van der Waals surface area contributed by atoms with E-state index in [0.29, 0.717) is 25.5 Å². The average Bonchev–Trinajstić information content (AvgIpc) is 2.44. The normalized spacial score (nSPS) is 24.2. The van der Waals surface area contributed by atoms with Gasteiger partial charge in [-0.05, 0) is 13.3 Å². The monoisotopic (exact) mass is 233 g/mol. The van der Waals surface area contributed by atoms with Crippen molar-refractivity contribution in [2.45, 2.75) is 19.4 Å². The summed E-state index contributed by atoms with van der Waals surface area (Å²) < 4.78 is 27.6. The number of sulfone groups is 1. The van der Waals surface area contributed by atoms with Gasteiger partial charge in [0.05, 0.1) is 24.7 Å². The molecule has 0 aliphatic carbocycles. The smallest absolute Gasteiger partial charge is 0.151 e. The molecule has 88 valence electrons. The van der Waals surface area contributed by atoms with Gasteiger partial charge in [-0.25, -0.2) is 8.42 Å². The zero-order valence-corrected chi connectivity index (χ0v) is 9.98. The lowest BCUT2D eigenvalue weighted by molar-refractivity contribution is 0.156. The molecule has 1 N–H and O–H groups in total. The van der Waals surface area contributed by atoms with Crippen LogP contribution in [0.1, 0.15) is 13.3 Å². The summed E-state index contributed by atoms with van der Waals surface area (Å²) in [6, 6.07) is 0.114. The van der Waals surface area contributed by atoms with Crippen molar-refractivity contribution in [3.05, 3.63) is 12.2 Å². The second-order valence-corrected chi connectivity index (χ2v) is 6.29. The predicted molar refractivity (Wildman–Crippen MR) is 60.7 cm³/mol. The summed E-state index contributed by atoms with van der Waals surface area (Å²) >= 11 is 0. The standard InChI is InChI=1S/C10H19NO3S/c1-9(2)7-14-5-4-11-10-3-6-15(12,13)8-10/h10-11H,1,3-8H2,2H3. The molecule has 1 fully saturated rings. The van der Waals surface area contributed by atoms with Gasteiger partial charge in [0.2, 0.25) is 0 Å². The molecule has 1 rings (SSSR count). The minimum Gasteiger partial charge on any atom is -0.376 e. The molecular weight excluding hydrogens is 214 g/mol. The molecule has 0 amide bonds. The van der Waals surface area contributed by atoms with Crippen LogP contribution in [0.15, 0.2) is 12.2 Å². The molecule has 0 aromatic rings. The highest BCUT2D eigenvalue weighted by atomic mass is 32.2. The van der Waals surface area contributed by atoms with Crippen molar-refractivity contribution in [1.82, 2.24) is 5.32 Å². The summed E-state index contributed by atoms with van der Waals surface area (Å²) in [6.07, 6.45) is 0.725. The van der Waals surface area contributed by atoms with E-state index >= 15 is 0 Å². The van der Waals surface area contributed by atoms with Crippen LogP contribution in [0.25, 0.3) is 0 Å². The van der Waals surface area contributed by atoms with Crippen LogP contribution in [0.2, 0.25) is 0 Å². The third kappa shape index (κ3) is 5.30. The van der Waals surface area contributed by atoms with Crippen molar-refractivity contribution >= 4 is 9.84 Å². The fourth-order valence-corrected chi connectivity index (χ4v) is 3.25. The SMILES string of the molecule is C=C(C)COCCNC1CCS(=O)(=O)C1. The van der Waals surface area contributed by atoms with E-state index in [4.69, 9.17) is 4.74 Å². The lowest BCUT2D eigenvalue weighted by Crippen LogP contribution is -2.32. The minimum absolute atomic E-state index is 0.114. The minimum atomic E-state index is -2.77. The van der Waals surface area contributed by atoms with Crippen molar-refractivity contribution in [2.75, 3.05) is 31.3 Å². The van der Waals surface area contributed by atoms with E-state index in [0.717, 1.165) is 12.0 Å². The van der Waals surface area contributed by atoms with Crippen LogP contribution >= 0.6 is 0 Å². The highest BCUT2D eigenvalue weighted by molar-refractivity contribution is 7.91. The van der Waals surface area contributed by atoms with E-state index in [1.807, 2.05) is 6.92 Å². The van der Waals surface area contributed by atoms with Crippen LogP contribution in [0.5, 0.6) is 0 Å². The van der Waals surface area contributed by atoms with Gasteiger partial charge in [-0.1, -0.05) is 12.2 Å². The molecule has 1 saturated heterocycles. The summed E-state index contributed by atoms with van der Waals surface area (Å²) in [6.45, 7) is 7.51. The molecular formula is C10H19NO3S. The Labute approximate surface area is 91.6 Å². The largest absolute Gasteiger partial charge is 0.376 e. The van der Waals surface area contributed by atoms with Crippen LogP contribution in [0.4, 0.5) is 0 Å². The number of hydrogen-bond acceptors (Lipinski definition) is 4. The second kappa shape index (κ2) is 5.63. The van der Waals surface area contributed by atoms with E-state index in [-0.39, 0.29) is 11.8 Å². The number of hydrogen-bond donors (Lipinski definition) is 1. The molecule has 0 bridgehead atoms. The molecule has 0 spiro atoms. The Bertz CT molecular complexity index is 311. The first-order valence-electron chi connectivity index (χ1n) is 5.15. The maximum Gasteiger partial charge on any atom is 0.151 e. The van der Waals surface area contributed by atoms with Gasteiger partial charge in [0, 0.05) is 12.6 Å². The number of ether oxygens (including phenoxy) is 1. The van der Waals surface area contributed by atoms with Gasteiger partial charge in [-0.15, -0.1) is 0 Å². The van der Waals surface area contributed by atoms with Crippen molar-refractivity contribution in [3.63, 3.8) is 0 Å². The lowest BCUT2D eigenvalue weighted by Gasteiger charge is -2.10. The second-order valence-electron chi connectivity index (χ2n) is 4.06. The third-order valence-electron chi connectivity index (χ3n) is 2.26. The van der Waals surface area contributed by atoms with Crippen LogP contribution < -0.4 is 5.32 Å². The van der Waals surface area contributed by atoms with Crippen LogP contribution in [-0.2, 0) is 14.6 Å². The fourth-order valence-electron chi connectivity index (χ4n) is 1.54.